The summed E-state index contributed by atoms with van der Waals surface area (Å²) in [5.41, 5.74) is 1.14. The number of allylic oxidation sites excluding steroid dienone is 3. The number of unbranched alkanes of at least 4 members (excludes halogenated alkanes) is 7. The predicted octanol–water partition coefficient (Wildman–Crippen LogP) is 6.70. The molecule has 143 valence electrons. The summed E-state index contributed by atoms with van der Waals surface area (Å²) in [6.07, 6.45) is 17.6. The van der Waals surface area contributed by atoms with Crippen LogP contribution in [0.1, 0.15) is 91.9 Å². The van der Waals surface area contributed by atoms with Crippen LogP contribution in [0.15, 0.2) is 14.9 Å². The van der Waals surface area contributed by atoms with Gasteiger partial charge in [0.05, 0.1) is 0 Å². The van der Waals surface area contributed by atoms with Gasteiger partial charge in [0.1, 0.15) is 0 Å². The van der Waals surface area contributed by atoms with Gasteiger partial charge in [-0.15, -0.1) is 0 Å². The standard InChI is InChI=1S/C16H25NO.3C2H5.Pb/c1-2-3-4-5-6-7-8-9-14-16(18)17-15-12-10-11-13-15;3*1-2;/h12H,2-10,14H2,1H3,(H,17,18);3*1H2,2H3;. The normalized spacial score (nSPS) is 14.4. The van der Waals surface area contributed by atoms with Gasteiger partial charge in [0.2, 0.25) is 0 Å². The maximum absolute atomic E-state index is 12.3. The Morgan fingerprint density at radius 3 is 2.08 bits per heavy atom. The van der Waals surface area contributed by atoms with E-state index in [4.69, 9.17) is 0 Å². The Morgan fingerprint density at radius 1 is 0.960 bits per heavy atom. The van der Waals surface area contributed by atoms with Crippen molar-refractivity contribution in [1.82, 2.24) is 5.32 Å². The molecule has 1 N–H and O–H groups in total. The molecule has 0 atom stereocenters. The average Bonchev–Trinajstić information content (AvgIpc) is 3.08. The van der Waals surface area contributed by atoms with Gasteiger partial charge in [-0.05, 0) is 0 Å². The first-order valence-electron chi connectivity index (χ1n) is 10.7. The van der Waals surface area contributed by atoms with E-state index in [0.29, 0.717) is 6.42 Å². The zero-order valence-corrected chi connectivity index (χ0v) is 21.1. The second-order valence-corrected chi connectivity index (χ2v) is 27.6. The molecule has 25 heavy (non-hydrogen) atoms. The predicted molar refractivity (Wildman–Crippen MR) is 112 cm³/mol. The van der Waals surface area contributed by atoms with Gasteiger partial charge in [0.15, 0.2) is 0 Å². The Bertz CT molecular complexity index is 441. The molecule has 3 heteroatoms. The first kappa shape index (κ1) is 22.9. The van der Waals surface area contributed by atoms with Crippen LogP contribution in [0.25, 0.3) is 0 Å². The molecule has 0 saturated heterocycles. The minimum atomic E-state index is -2.43. The van der Waals surface area contributed by atoms with Crippen LogP contribution in [0.4, 0.5) is 0 Å². The van der Waals surface area contributed by atoms with Crippen LogP contribution < -0.4 is 5.32 Å². The van der Waals surface area contributed by atoms with Gasteiger partial charge in [-0.2, -0.15) is 0 Å². The molecule has 1 radical (unpaired) electrons. The first-order chi connectivity index (χ1) is 12.1. The molecule has 0 saturated carbocycles. The molecule has 0 unspecified atom stereocenters. The summed E-state index contributed by atoms with van der Waals surface area (Å²) in [4.78, 5) is 12.3. The average molecular weight is 542 g/mol. The topological polar surface area (TPSA) is 29.1 Å². The summed E-state index contributed by atoms with van der Waals surface area (Å²) in [5.74, 6) is 0.212. The molecular weight excluding hydrogens is 501 g/mol. The fourth-order valence-electron chi connectivity index (χ4n) is 3.95. The Morgan fingerprint density at radius 2 is 1.52 bits per heavy atom. The molecule has 0 aliphatic heterocycles. The summed E-state index contributed by atoms with van der Waals surface area (Å²) in [6.45, 7) is 9.30. The number of hydrogen-bond donors (Lipinski definition) is 1. The zero-order chi connectivity index (χ0) is 18.5. The quantitative estimate of drug-likeness (QED) is 0.192. The minimum absolute atomic E-state index is 0.212. The fourth-order valence-corrected chi connectivity index (χ4v) is 18.6. The number of rotatable bonds is 14. The van der Waals surface area contributed by atoms with Crippen LogP contribution >= 0.6 is 0 Å². The Kier molecular flexibility index (Phi) is 12.0. The van der Waals surface area contributed by atoms with E-state index in [1.54, 1.807) is 0 Å². The third-order valence-electron chi connectivity index (χ3n) is 5.95. The maximum atomic E-state index is 12.3. The van der Waals surface area contributed by atoms with E-state index in [2.05, 4.69) is 45.2 Å². The van der Waals surface area contributed by atoms with E-state index in [0.717, 1.165) is 18.5 Å². The molecule has 1 aliphatic rings. The second-order valence-electron chi connectivity index (χ2n) is 7.49. The van der Waals surface area contributed by atoms with E-state index in [-0.39, 0.29) is 5.91 Å². The van der Waals surface area contributed by atoms with Crippen molar-refractivity contribution in [3.05, 3.63) is 21.0 Å². The van der Waals surface area contributed by atoms with Crippen molar-refractivity contribution < 1.29 is 4.79 Å². The van der Waals surface area contributed by atoms with Crippen molar-refractivity contribution in [3.8, 4) is 0 Å². The van der Waals surface area contributed by atoms with Gasteiger partial charge in [-0.3, -0.25) is 0 Å². The molecule has 0 fully saturated rings. The number of hydrogen-bond acceptors (Lipinski definition) is 1. The van der Waals surface area contributed by atoms with E-state index in [1.807, 2.05) is 0 Å². The molecule has 0 aromatic carbocycles. The Labute approximate surface area is 161 Å². The summed E-state index contributed by atoms with van der Waals surface area (Å²) < 4.78 is 5.46. The number of carbonyl (C=O) groups is 1. The molecule has 0 heterocycles. The molecule has 0 aromatic rings. The molecular formula is C22H40NOPb. The second kappa shape index (κ2) is 13.1. The molecule has 1 amide bonds. The van der Waals surface area contributed by atoms with Crippen molar-refractivity contribution in [2.75, 3.05) is 0 Å². The number of carbonyl (C=O) groups excluding carboxylic acids is 1. The van der Waals surface area contributed by atoms with E-state index < -0.39 is 21.2 Å². The van der Waals surface area contributed by atoms with Crippen LogP contribution in [0, 0.1) is 6.08 Å². The summed E-state index contributed by atoms with van der Waals surface area (Å²) >= 11 is -2.43. The van der Waals surface area contributed by atoms with Gasteiger partial charge >= 0.3 is 149 Å². The zero-order valence-electron chi connectivity index (χ0n) is 17.2. The van der Waals surface area contributed by atoms with E-state index >= 15 is 0 Å². The van der Waals surface area contributed by atoms with Crippen molar-refractivity contribution in [2.45, 2.75) is 104 Å². The SMILES string of the molecule is CCCCCCCCCCC(=O)NC1=CC[C]=[C]1[Pb]([CH2]C)([CH2]C)[CH2]C. The Balaban J connectivity index is 2.31. The molecule has 0 spiro atoms. The van der Waals surface area contributed by atoms with Crippen molar-refractivity contribution >= 4 is 27.1 Å². The van der Waals surface area contributed by atoms with Crippen LogP contribution in [-0.4, -0.2) is 27.1 Å². The monoisotopic (exact) mass is 542 g/mol. The van der Waals surface area contributed by atoms with Crippen LogP contribution in [0.2, 0.25) is 11.9 Å². The van der Waals surface area contributed by atoms with Gasteiger partial charge in [0, 0.05) is 0 Å². The van der Waals surface area contributed by atoms with Crippen LogP contribution in [0.5, 0.6) is 0 Å². The number of nitrogens with one attached hydrogen (secondary N) is 1. The van der Waals surface area contributed by atoms with Crippen LogP contribution in [-0.2, 0) is 4.79 Å². The molecule has 0 bridgehead atoms. The molecule has 1 rings (SSSR count). The van der Waals surface area contributed by atoms with Crippen molar-refractivity contribution in [2.24, 2.45) is 0 Å². The van der Waals surface area contributed by atoms with Crippen molar-refractivity contribution in [1.29, 1.82) is 0 Å². The van der Waals surface area contributed by atoms with Gasteiger partial charge < -0.3 is 0 Å². The van der Waals surface area contributed by atoms with Gasteiger partial charge in [-0.1, -0.05) is 13.3 Å². The van der Waals surface area contributed by atoms with E-state index in [1.165, 1.54) is 60.0 Å². The Hall–Kier alpha value is -0.128. The summed E-state index contributed by atoms with van der Waals surface area (Å²) in [5, 5.41) is 3.23. The van der Waals surface area contributed by atoms with Crippen molar-refractivity contribution in [3.63, 3.8) is 0 Å². The first-order valence-corrected chi connectivity index (χ1v) is 20.9. The third-order valence-corrected chi connectivity index (χ3v) is 27.6. The molecule has 0 aromatic heterocycles. The fraction of sp³-hybridized carbons (Fsp3) is 0.773. The molecule has 1 aliphatic carbocycles. The molecule has 2 nitrogen and oxygen atoms in total. The summed E-state index contributed by atoms with van der Waals surface area (Å²) in [7, 11) is 0. The van der Waals surface area contributed by atoms with Gasteiger partial charge in [-0.25, -0.2) is 0 Å². The summed E-state index contributed by atoms with van der Waals surface area (Å²) in [6, 6.07) is 0. The van der Waals surface area contributed by atoms with Gasteiger partial charge in [0.25, 0.3) is 0 Å². The third kappa shape index (κ3) is 7.56. The van der Waals surface area contributed by atoms with E-state index in [9.17, 15) is 4.79 Å². The number of amides is 1. The van der Waals surface area contributed by atoms with Crippen LogP contribution in [0.3, 0.4) is 0 Å².